The molecule has 0 spiro atoms. The zero-order chi connectivity index (χ0) is 15.5. The van der Waals surface area contributed by atoms with Crippen LogP contribution in [-0.4, -0.2) is 41.6 Å². The van der Waals surface area contributed by atoms with Crippen molar-refractivity contribution in [3.05, 3.63) is 15.4 Å². The minimum Gasteiger partial charge on any atom is -0.481 e. The molecule has 0 amide bonds. The molecule has 0 saturated heterocycles. The lowest BCUT2D eigenvalue weighted by Crippen LogP contribution is -2.41. The van der Waals surface area contributed by atoms with Gasteiger partial charge in [-0.05, 0) is 13.3 Å². The van der Waals surface area contributed by atoms with Crippen LogP contribution in [0, 0.1) is 6.92 Å². The number of aryl methyl sites for hydroxylation is 1. The minimum atomic E-state index is -4.20. The second kappa shape index (κ2) is 6.15. The van der Waals surface area contributed by atoms with E-state index in [1.807, 2.05) is 4.72 Å². The summed E-state index contributed by atoms with van der Waals surface area (Å²) in [6, 6.07) is -1.58. The summed E-state index contributed by atoms with van der Waals surface area (Å²) in [6.45, 7) is 1.36. The second-order valence-electron chi connectivity index (χ2n) is 3.87. The van der Waals surface area contributed by atoms with Crippen molar-refractivity contribution in [2.24, 2.45) is 0 Å². The van der Waals surface area contributed by atoms with Crippen molar-refractivity contribution in [1.82, 2.24) is 9.71 Å². The van der Waals surface area contributed by atoms with Crippen molar-refractivity contribution in [2.45, 2.75) is 30.0 Å². The molecule has 1 rings (SSSR count). The molecule has 1 atom stereocenters. The minimum absolute atomic E-state index is 0.0925. The standard InChI is InChI=1S/C9H12N2O7S2/c1-4-8(19-9(16)10-4)20(17,18)11-5(7(14)15)2-3-6(12)13/h5,11H,2-3H2,1H3,(H,10,16)(H,12,13)(H,14,15). The van der Waals surface area contributed by atoms with Gasteiger partial charge in [0, 0.05) is 12.1 Å². The Hall–Kier alpha value is -1.72. The van der Waals surface area contributed by atoms with Crippen LogP contribution in [0.3, 0.4) is 0 Å². The van der Waals surface area contributed by atoms with Crippen LogP contribution in [0.1, 0.15) is 18.5 Å². The Morgan fingerprint density at radius 2 is 2.00 bits per heavy atom. The van der Waals surface area contributed by atoms with Gasteiger partial charge in [0.05, 0.1) is 0 Å². The van der Waals surface area contributed by atoms with Crippen molar-refractivity contribution in [2.75, 3.05) is 0 Å². The number of H-pyrrole nitrogens is 1. The summed E-state index contributed by atoms with van der Waals surface area (Å²) in [7, 11) is -4.20. The van der Waals surface area contributed by atoms with Gasteiger partial charge in [-0.25, -0.2) is 8.42 Å². The normalized spacial score (nSPS) is 13.1. The number of rotatable bonds is 7. The zero-order valence-electron chi connectivity index (χ0n) is 10.2. The molecule has 1 unspecified atom stereocenters. The molecule has 0 fully saturated rings. The van der Waals surface area contributed by atoms with E-state index >= 15 is 0 Å². The van der Waals surface area contributed by atoms with E-state index in [0.29, 0.717) is 11.3 Å². The van der Waals surface area contributed by atoms with Gasteiger partial charge in [-0.2, -0.15) is 4.72 Å². The first-order valence-electron chi connectivity index (χ1n) is 5.30. The molecule has 0 aliphatic carbocycles. The number of hydrogen-bond donors (Lipinski definition) is 4. The molecule has 9 nitrogen and oxygen atoms in total. The summed E-state index contributed by atoms with van der Waals surface area (Å²) < 4.78 is 25.5. The van der Waals surface area contributed by atoms with E-state index in [-0.39, 0.29) is 9.90 Å². The first kappa shape index (κ1) is 16.3. The van der Waals surface area contributed by atoms with Gasteiger partial charge >= 0.3 is 16.8 Å². The van der Waals surface area contributed by atoms with E-state index in [9.17, 15) is 22.8 Å². The van der Waals surface area contributed by atoms with Crippen LogP contribution in [-0.2, 0) is 19.6 Å². The first-order chi connectivity index (χ1) is 9.13. The Morgan fingerprint density at radius 1 is 1.40 bits per heavy atom. The Bertz CT molecular complexity index is 673. The molecule has 0 aliphatic heterocycles. The van der Waals surface area contributed by atoms with Gasteiger partial charge in [-0.1, -0.05) is 11.3 Å². The number of carbonyl (C=O) groups is 2. The number of carboxylic acids is 2. The lowest BCUT2D eigenvalue weighted by molar-refractivity contribution is -0.140. The summed E-state index contributed by atoms with van der Waals surface area (Å²) in [5.41, 5.74) is 0.0925. The maximum absolute atomic E-state index is 12.0. The smallest absolute Gasteiger partial charge is 0.321 e. The summed E-state index contributed by atoms with van der Waals surface area (Å²) in [4.78, 5) is 34.1. The predicted molar refractivity (Wildman–Crippen MR) is 68.3 cm³/mol. The molecule has 0 aliphatic rings. The van der Waals surface area contributed by atoms with Crippen molar-refractivity contribution < 1.29 is 28.2 Å². The van der Waals surface area contributed by atoms with Crippen LogP contribution < -0.4 is 9.60 Å². The van der Waals surface area contributed by atoms with Gasteiger partial charge in [-0.3, -0.25) is 14.4 Å². The maximum Gasteiger partial charge on any atom is 0.321 e. The lowest BCUT2D eigenvalue weighted by atomic mass is 10.2. The predicted octanol–water partition coefficient (Wildman–Crippen LogP) is -0.659. The van der Waals surface area contributed by atoms with Crippen LogP contribution in [0.25, 0.3) is 0 Å². The third kappa shape index (κ3) is 4.15. The average molecular weight is 324 g/mol. The highest BCUT2D eigenvalue weighted by molar-refractivity contribution is 7.91. The van der Waals surface area contributed by atoms with Crippen molar-refractivity contribution in [3.8, 4) is 0 Å². The van der Waals surface area contributed by atoms with Crippen molar-refractivity contribution in [1.29, 1.82) is 0 Å². The van der Waals surface area contributed by atoms with Gasteiger partial charge in [0.2, 0.25) is 0 Å². The summed E-state index contributed by atoms with van der Waals surface area (Å²) in [5.74, 6) is -2.73. The highest BCUT2D eigenvalue weighted by Gasteiger charge is 2.28. The van der Waals surface area contributed by atoms with Gasteiger partial charge < -0.3 is 15.2 Å². The Kier molecular flexibility index (Phi) is 5.03. The topological polar surface area (TPSA) is 154 Å². The second-order valence-corrected chi connectivity index (χ2v) is 6.76. The number of nitrogens with one attached hydrogen (secondary N) is 2. The molecule has 0 bridgehead atoms. The molecule has 4 N–H and O–H groups in total. The molecule has 1 aromatic rings. The third-order valence-electron chi connectivity index (χ3n) is 2.27. The third-order valence-corrected chi connectivity index (χ3v) is 5.34. The van der Waals surface area contributed by atoms with Gasteiger partial charge in [0.25, 0.3) is 10.0 Å². The van der Waals surface area contributed by atoms with E-state index in [4.69, 9.17) is 10.2 Å². The average Bonchev–Trinajstić information content (AvgIpc) is 2.64. The van der Waals surface area contributed by atoms with E-state index in [2.05, 4.69) is 4.98 Å². The number of aromatic nitrogens is 1. The molecule has 0 aromatic carbocycles. The SMILES string of the molecule is Cc1[nH]c(=O)sc1S(=O)(=O)NC(CCC(=O)O)C(=O)O. The largest absolute Gasteiger partial charge is 0.481 e. The summed E-state index contributed by atoms with van der Waals surface area (Å²) in [5, 5.41) is 17.4. The van der Waals surface area contributed by atoms with Crippen LogP contribution >= 0.6 is 11.3 Å². The fourth-order valence-electron chi connectivity index (χ4n) is 1.39. The van der Waals surface area contributed by atoms with Crippen LogP contribution in [0.4, 0.5) is 0 Å². The lowest BCUT2D eigenvalue weighted by Gasteiger charge is -2.13. The molecule has 1 aromatic heterocycles. The highest BCUT2D eigenvalue weighted by atomic mass is 32.2. The Labute approximate surface area is 117 Å². The number of aliphatic carboxylic acids is 2. The molecular formula is C9H12N2O7S2. The van der Waals surface area contributed by atoms with Gasteiger partial charge in [0.15, 0.2) is 4.21 Å². The summed E-state index contributed by atoms with van der Waals surface area (Å²) >= 11 is 0.429. The zero-order valence-corrected chi connectivity index (χ0v) is 11.9. The molecular weight excluding hydrogens is 312 g/mol. The molecule has 112 valence electrons. The van der Waals surface area contributed by atoms with Crippen molar-refractivity contribution in [3.63, 3.8) is 0 Å². The Morgan fingerprint density at radius 3 is 2.40 bits per heavy atom. The Balaban J connectivity index is 2.97. The van der Waals surface area contributed by atoms with Gasteiger partial charge in [0.1, 0.15) is 6.04 Å². The summed E-state index contributed by atoms with van der Waals surface area (Å²) in [6.07, 6.45) is -0.899. The quantitative estimate of drug-likeness (QED) is 0.519. The van der Waals surface area contributed by atoms with E-state index in [1.165, 1.54) is 6.92 Å². The van der Waals surface area contributed by atoms with Crippen LogP contribution in [0.2, 0.25) is 0 Å². The molecule has 11 heteroatoms. The number of aromatic amines is 1. The molecule has 1 heterocycles. The molecule has 0 radical (unpaired) electrons. The monoisotopic (exact) mass is 324 g/mol. The number of sulfonamides is 1. The fourth-order valence-corrected chi connectivity index (χ4v) is 3.93. The maximum atomic E-state index is 12.0. The number of hydrogen-bond acceptors (Lipinski definition) is 6. The van der Waals surface area contributed by atoms with Crippen LogP contribution in [0.5, 0.6) is 0 Å². The molecule has 20 heavy (non-hydrogen) atoms. The van der Waals surface area contributed by atoms with Crippen LogP contribution in [0.15, 0.2) is 9.00 Å². The van der Waals surface area contributed by atoms with E-state index in [1.54, 1.807) is 0 Å². The molecule has 0 saturated carbocycles. The van der Waals surface area contributed by atoms with E-state index < -0.39 is 45.7 Å². The first-order valence-corrected chi connectivity index (χ1v) is 7.60. The fraction of sp³-hybridized carbons (Fsp3) is 0.444. The number of thiazole rings is 1. The van der Waals surface area contributed by atoms with E-state index in [0.717, 1.165) is 0 Å². The number of carboxylic acid groups (broad SMARTS) is 2. The van der Waals surface area contributed by atoms with Crippen molar-refractivity contribution >= 4 is 33.3 Å². The highest BCUT2D eigenvalue weighted by Crippen LogP contribution is 2.16. The van der Waals surface area contributed by atoms with Gasteiger partial charge in [-0.15, -0.1) is 0 Å².